The summed E-state index contributed by atoms with van der Waals surface area (Å²) in [7, 11) is 0. The highest BCUT2D eigenvalue weighted by atomic mass is 32.1. The van der Waals surface area contributed by atoms with Crippen molar-refractivity contribution in [3.63, 3.8) is 0 Å². The minimum absolute atomic E-state index is 0.0169. The van der Waals surface area contributed by atoms with Crippen LogP contribution in [0.3, 0.4) is 0 Å². The van der Waals surface area contributed by atoms with Gasteiger partial charge < -0.3 is 47.9 Å². The predicted octanol–water partition coefficient (Wildman–Crippen LogP) is -2.96. The van der Waals surface area contributed by atoms with Gasteiger partial charge in [-0.25, -0.2) is 0 Å². The Hall–Kier alpha value is -1.52. The quantitative estimate of drug-likeness (QED) is 0.114. The van der Waals surface area contributed by atoms with E-state index in [1.165, 1.54) is 0 Å². The molecular weight excluding hydrogens is 438 g/mol. The molecule has 10 nitrogen and oxygen atoms in total. The van der Waals surface area contributed by atoms with E-state index in [1.54, 1.807) is 6.92 Å². The molecule has 0 aromatic carbocycles. The van der Waals surface area contributed by atoms with Crippen LogP contribution in [0.25, 0.3) is 0 Å². The van der Waals surface area contributed by atoms with Gasteiger partial charge in [0.15, 0.2) is 5.11 Å². The second-order valence-corrected chi connectivity index (χ2v) is 9.40. The fraction of sp³-hybridized carbons (Fsp3) is 0.818. The highest BCUT2D eigenvalue weighted by molar-refractivity contribution is 7.80. The second kappa shape index (κ2) is 15.4. The molecule has 2 bridgehead atoms. The van der Waals surface area contributed by atoms with Crippen molar-refractivity contribution in [2.75, 3.05) is 85.1 Å². The summed E-state index contributed by atoms with van der Waals surface area (Å²) in [6.07, 6.45) is 6.98. The van der Waals surface area contributed by atoms with E-state index in [0.717, 1.165) is 78.3 Å². The van der Waals surface area contributed by atoms with Gasteiger partial charge in [-0.1, -0.05) is 0 Å². The summed E-state index contributed by atoms with van der Waals surface area (Å²) in [4.78, 5) is 11.9. The van der Waals surface area contributed by atoms with Crippen molar-refractivity contribution in [2.24, 2.45) is 0 Å². The lowest BCUT2D eigenvalue weighted by atomic mass is 9.97. The normalized spacial score (nSPS) is 28.0. The number of nitrogens with one attached hydrogen (secondary N) is 9. The average Bonchev–Trinajstić information content (AvgIpc) is 2.77. The van der Waals surface area contributed by atoms with Crippen LogP contribution in [-0.4, -0.2) is 107 Å². The van der Waals surface area contributed by atoms with E-state index >= 15 is 0 Å². The Balaban J connectivity index is 2.10. The SMILES string of the molecule is C#CCCCNC(=S)NC12CNCCNCC(NC(C)=O)(CNCCNC1)CNCCNC2. The first-order chi connectivity index (χ1) is 16.0. The number of carbonyl (C=O) groups is 1. The Bertz CT molecular complexity index is 596. The molecule has 3 aliphatic heterocycles. The van der Waals surface area contributed by atoms with E-state index in [1.807, 2.05) is 0 Å². The smallest absolute Gasteiger partial charge is 0.217 e. The Morgan fingerprint density at radius 2 is 1.21 bits per heavy atom. The summed E-state index contributed by atoms with van der Waals surface area (Å²) in [5, 5.41) is 32.0. The van der Waals surface area contributed by atoms with Crippen LogP contribution < -0.4 is 47.9 Å². The first-order valence-electron chi connectivity index (χ1n) is 12.0. The standard InChI is InChI=1S/C22H43N9OS/c1-3-4-5-6-29-20(33)31-22-16-26-10-7-23-13-21(30-19(2)32,14-24-8-11-27-17-22)15-25-9-12-28-18-22/h1,23-28H,4-18H2,2H3,(H,30,32)(H2,29,31,33). The second-order valence-electron chi connectivity index (χ2n) is 8.99. The summed E-state index contributed by atoms with van der Waals surface area (Å²) in [5.41, 5.74) is -0.674. The van der Waals surface area contributed by atoms with E-state index in [4.69, 9.17) is 18.6 Å². The van der Waals surface area contributed by atoms with Crippen LogP contribution in [0.1, 0.15) is 19.8 Å². The highest BCUT2D eigenvalue weighted by Gasteiger charge is 2.32. The van der Waals surface area contributed by atoms with Gasteiger partial charge in [0.2, 0.25) is 5.91 Å². The van der Waals surface area contributed by atoms with Gasteiger partial charge in [-0.3, -0.25) is 4.79 Å². The molecule has 33 heavy (non-hydrogen) atoms. The molecule has 3 rings (SSSR count). The topological polar surface area (TPSA) is 125 Å². The Kier molecular flexibility index (Phi) is 12.9. The molecule has 3 saturated heterocycles. The van der Waals surface area contributed by atoms with Gasteiger partial charge in [0.1, 0.15) is 0 Å². The molecule has 0 saturated carbocycles. The van der Waals surface area contributed by atoms with Gasteiger partial charge in [0, 0.05) is 98.4 Å². The molecule has 3 heterocycles. The van der Waals surface area contributed by atoms with E-state index in [2.05, 4.69) is 53.8 Å². The largest absolute Gasteiger partial charge is 0.363 e. The zero-order valence-electron chi connectivity index (χ0n) is 20.0. The summed E-state index contributed by atoms with van der Waals surface area (Å²) >= 11 is 5.61. The van der Waals surface area contributed by atoms with Crippen molar-refractivity contribution >= 4 is 23.2 Å². The lowest BCUT2D eigenvalue weighted by Gasteiger charge is -2.39. The highest BCUT2D eigenvalue weighted by Crippen LogP contribution is 2.05. The first-order valence-corrected chi connectivity index (χ1v) is 12.4. The van der Waals surface area contributed by atoms with Crippen LogP contribution in [0.5, 0.6) is 0 Å². The van der Waals surface area contributed by atoms with E-state index in [0.29, 0.717) is 24.7 Å². The maximum absolute atomic E-state index is 11.9. The molecule has 188 valence electrons. The Labute approximate surface area is 204 Å². The number of unbranched alkanes of at least 4 members (excludes halogenated alkanes) is 1. The van der Waals surface area contributed by atoms with Crippen LogP contribution in [0, 0.1) is 12.3 Å². The number of rotatable bonds is 5. The van der Waals surface area contributed by atoms with Crippen molar-refractivity contribution in [1.29, 1.82) is 0 Å². The molecule has 0 aromatic heterocycles. The lowest BCUT2D eigenvalue weighted by molar-refractivity contribution is -0.120. The number of carbonyl (C=O) groups excluding carboxylic acids is 1. The van der Waals surface area contributed by atoms with E-state index in [9.17, 15) is 4.79 Å². The molecule has 0 atom stereocenters. The third kappa shape index (κ3) is 11.0. The maximum Gasteiger partial charge on any atom is 0.217 e. The van der Waals surface area contributed by atoms with Crippen LogP contribution in [-0.2, 0) is 4.79 Å². The number of hydrogen-bond donors (Lipinski definition) is 9. The lowest BCUT2D eigenvalue weighted by Crippen LogP contribution is -2.68. The third-order valence-electron chi connectivity index (χ3n) is 5.82. The van der Waals surface area contributed by atoms with Crippen molar-refractivity contribution in [3.8, 4) is 12.3 Å². The van der Waals surface area contributed by atoms with Gasteiger partial charge in [-0.05, 0) is 18.6 Å². The molecule has 9 N–H and O–H groups in total. The van der Waals surface area contributed by atoms with Crippen molar-refractivity contribution in [1.82, 2.24) is 47.9 Å². The van der Waals surface area contributed by atoms with Gasteiger partial charge in [-0.2, -0.15) is 0 Å². The third-order valence-corrected chi connectivity index (χ3v) is 6.07. The van der Waals surface area contributed by atoms with E-state index in [-0.39, 0.29) is 17.0 Å². The summed E-state index contributed by atoms with van der Waals surface area (Å²) < 4.78 is 0. The summed E-state index contributed by atoms with van der Waals surface area (Å²) in [6, 6.07) is 0. The minimum Gasteiger partial charge on any atom is -0.363 e. The van der Waals surface area contributed by atoms with Crippen molar-refractivity contribution in [3.05, 3.63) is 0 Å². The summed E-state index contributed by atoms with van der Waals surface area (Å²) in [6.45, 7) is 11.5. The Morgan fingerprint density at radius 1 is 0.818 bits per heavy atom. The van der Waals surface area contributed by atoms with Crippen LogP contribution >= 0.6 is 12.2 Å². The number of amides is 1. The number of hydrogen-bond acceptors (Lipinski definition) is 8. The fourth-order valence-electron chi connectivity index (χ4n) is 4.19. The number of terminal acetylenes is 1. The van der Waals surface area contributed by atoms with Crippen LogP contribution in [0.15, 0.2) is 0 Å². The molecule has 3 fully saturated rings. The predicted molar refractivity (Wildman–Crippen MR) is 138 cm³/mol. The Morgan fingerprint density at radius 3 is 1.58 bits per heavy atom. The summed E-state index contributed by atoms with van der Waals surface area (Å²) in [5.74, 6) is 2.64. The van der Waals surface area contributed by atoms with Crippen molar-refractivity contribution < 1.29 is 4.79 Å². The molecule has 0 aliphatic carbocycles. The fourth-order valence-corrected chi connectivity index (χ4v) is 4.51. The van der Waals surface area contributed by atoms with Crippen molar-refractivity contribution in [2.45, 2.75) is 30.8 Å². The minimum atomic E-state index is -0.386. The van der Waals surface area contributed by atoms with Gasteiger partial charge in [0.05, 0.1) is 11.1 Å². The molecule has 0 radical (unpaired) electrons. The van der Waals surface area contributed by atoms with Gasteiger partial charge in [-0.15, -0.1) is 12.3 Å². The monoisotopic (exact) mass is 481 g/mol. The molecule has 0 unspecified atom stereocenters. The van der Waals surface area contributed by atoms with E-state index < -0.39 is 0 Å². The molecule has 11 heteroatoms. The average molecular weight is 482 g/mol. The molecule has 0 aromatic rings. The molecule has 1 amide bonds. The number of fused-ring (bicyclic) bond motifs is 15. The maximum atomic E-state index is 11.9. The van der Waals surface area contributed by atoms with Crippen LogP contribution in [0.4, 0.5) is 0 Å². The zero-order chi connectivity index (χ0) is 23.8. The molecule has 0 spiro atoms. The molecule has 3 aliphatic rings. The first kappa shape index (κ1) is 27.7. The van der Waals surface area contributed by atoms with Gasteiger partial charge >= 0.3 is 0 Å². The zero-order valence-corrected chi connectivity index (χ0v) is 20.8. The van der Waals surface area contributed by atoms with Crippen LogP contribution in [0.2, 0.25) is 0 Å². The number of thiocarbonyl (C=S) groups is 1. The molecular formula is C22H43N9OS. The van der Waals surface area contributed by atoms with Gasteiger partial charge in [0.25, 0.3) is 0 Å².